The minimum Gasteiger partial charge on any atom is -0.330 e. The van der Waals surface area contributed by atoms with Crippen LogP contribution in [0.3, 0.4) is 0 Å². The fraction of sp³-hybridized carbons (Fsp3) is 1.00. The highest BCUT2D eigenvalue weighted by Crippen LogP contribution is 2.70. The van der Waals surface area contributed by atoms with Crippen molar-refractivity contribution in [3.05, 3.63) is 0 Å². The molecule has 40 valence electrons. The van der Waals surface area contributed by atoms with Crippen LogP contribution in [0.15, 0.2) is 0 Å². The fourth-order valence-electron chi connectivity index (χ4n) is 1.54. The predicted octanol–water partition coefficient (Wildman–Crippen LogP) is 0.745. The largest absolute Gasteiger partial charge is 0.330 e. The van der Waals surface area contributed by atoms with E-state index >= 15 is 0 Å². The zero-order valence-corrected chi connectivity index (χ0v) is 4.48. The smallest absolute Gasteiger partial charge is 0.00433 e. The van der Waals surface area contributed by atoms with Gasteiger partial charge in [-0.05, 0) is 37.1 Å². The van der Waals surface area contributed by atoms with Gasteiger partial charge in [-0.3, -0.25) is 0 Å². The van der Waals surface area contributed by atoms with Crippen LogP contribution in [0.2, 0.25) is 0 Å². The van der Waals surface area contributed by atoms with Gasteiger partial charge in [-0.25, -0.2) is 0 Å². The van der Waals surface area contributed by atoms with Gasteiger partial charge in [0, 0.05) is 0 Å². The van der Waals surface area contributed by atoms with E-state index in [1.807, 2.05) is 0 Å². The van der Waals surface area contributed by atoms with Crippen molar-refractivity contribution in [2.75, 3.05) is 6.54 Å². The Morgan fingerprint density at radius 1 is 1.57 bits per heavy atom. The second kappa shape index (κ2) is 0.873. The highest BCUT2D eigenvalue weighted by Gasteiger charge is 2.61. The van der Waals surface area contributed by atoms with Crippen molar-refractivity contribution in [1.82, 2.24) is 0 Å². The van der Waals surface area contributed by atoms with Crippen LogP contribution in [0.25, 0.3) is 0 Å². The van der Waals surface area contributed by atoms with Crippen LogP contribution in [0.4, 0.5) is 0 Å². The van der Waals surface area contributed by atoms with Crippen LogP contribution in [-0.4, -0.2) is 6.54 Å². The SMILES string of the molecule is NC[C@@H]1CC12CC2. The molecule has 0 amide bonds. The molecule has 1 spiro atoms. The van der Waals surface area contributed by atoms with Gasteiger partial charge in [0.15, 0.2) is 0 Å². The monoisotopic (exact) mass is 97.1 g/mol. The average Bonchev–Trinajstić information content (AvgIpc) is 2.52. The Labute approximate surface area is 43.9 Å². The van der Waals surface area contributed by atoms with Gasteiger partial charge in [-0.15, -0.1) is 0 Å². The standard InChI is InChI=1S/C6H11N/c7-4-5-3-6(5)1-2-6/h5H,1-4,7H2/t5-/m0/s1. The van der Waals surface area contributed by atoms with E-state index in [2.05, 4.69) is 0 Å². The molecule has 0 unspecified atom stereocenters. The summed E-state index contributed by atoms with van der Waals surface area (Å²) < 4.78 is 0. The maximum atomic E-state index is 5.45. The third-order valence-corrected chi connectivity index (χ3v) is 2.54. The lowest BCUT2D eigenvalue weighted by atomic mass is 10.3. The van der Waals surface area contributed by atoms with Crippen LogP contribution in [0.1, 0.15) is 19.3 Å². The van der Waals surface area contributed by atoms with Gasteiger partial charge in [0.05, 0.1) is 0 Å². The summed E-state index contributed by atoms with van der Waals surface area (Å²) in [5.41, 5.74) is 6.29. The van der Waals surface area contributed by atoms with Crippen molar-refractivity contribution in [3.8, 4) is 0 Å². The Hall–Kier alpha value is -0.0400. The lowest BCUT2D eigenvalue weighted by molar-refractivity contribution is 0.716. The van der Waals surface area contributed by atoms with E-state index in [9.17, 15) is 0 Å². The quantitative estimate of drug-likeness (QED) is 0.513. The van der Waals surface area contributed by atoms with Crippen molar-refractivity contribution < 1.29 is 0 Å². The molecule has 0 aromatic rings. The second-order valence-electron chi connectivity index (χ2n) is 3.00. The molecule has 0 saturated heterocycles. The first-order valence-electron chi connectivity index (χ1n) is 3.07. The normalized spacial score (nSPS) is 41.6. The molecular formula is C6H11N. The number of rotatable bonds is 1. The highest BCUT2D eigenvalue weighted by atomic mass is 14.7. The van der Waals surface area contributed by atoms with Gasteiger partial charge in [0.1, 0.15) is 0 Å². The second-order valence-corrected chi connectivity index (χ2v) is 3.00. The molecule has 2 rings (SSSR count). The number of hydrogen-bond donors (Lipinski definition) is 1. The third kappa shape index (κ3) is 0.367. The van der Waals surface area contributed by atoms with Crippen LogP contribution in [0.5, 0.6) is 0 Å². The number of hydrogen-bond acceptors (Lipinski definition) is 1. The van der Waals surface area contributed by atoms with Crippen LogP contribution in [0, 0.1) is 11.3 Å². The van der Waals surface area contributed by atoms with Crippen molar-refractivity contribution in [3.63, 3.8) is 0 Å². The molecule has 1 nitrogen and oxygen atoms in total. The molecule has 0 heterocycles. The summed E-state index contributed by atoms with van der Waals surface area (Å²) in [4.78, 5) is 0. The lowest BCUT2D eigenvalue weighted by Crippen LogP contribution is -2.01. The van der Waals surface area contributed by atoms with Crippen molar-refractivity contribution >= 4 is 0 Å². The average molecular weight is 97.2 g/mol. The van der Waals surface area contributed by atoms with Crippen molar-refractivity contribution in [1.29, 1.82) is 0 Å². The molecule has 2 saturated carbocycles. The molecule has 0 aliphatic heterocycles. The molecule has 0 bridgehead atoms. The zero-order valence-electron chi connectivity index (χ0n) is 4.48. The molecule has 1 atom stereocenters. The Kier molecular flexibility index (Phi) is 0.487. The van der Waals surface area contributed by atoms with Crippen molar-refractivity contribution in [2.45, 2.75) is 19.3 Å². The maximum absolute atomic E-state index is 5.45. The van der Waals surface area contributed by atoms with Crippen molar-refractivity contribution in [2.24, 2.45) is 17.1 Å². The molecule has 2 aliphatic rings. The van der Waals surface area contributed by atoms with E-state index in [4.69, 9.17) is 5.73 Å². The molecule has 0 aromatic carbocycles. The van der Waals surface area contributed by atoms with E-state index in [-0.39, 0.29) is 0 Å². The van der Waals surface area contributed by atoms with E-state index < -0.39 is 0 Å². The topological polar surface area (TPSA) is 26.0 Å². The van der Waals surface area contributed by atoms with Crippen LogP contribution >= 0.6 is 0 Å². The van der Waals surface area contributed by atoms with Gasteiger partial charge < -0.3 is 5.73 Å². The minimum atomic E-state index is 0.842. The first kappa shape index (κ1) is 3.90. The first-order chi connectivity index (χ1) is 3.37. The van der Waals surface area contributed by atoms with Crippen LogP contribution < -0.4 is 5.73 Å². The third-order valence-electron chi connectivity index (χ3n) is 2.54. The Bertz CT molecular complexity index is 94.4. The molecule has 2 N–H and O–H groups in total. The summed E-state index contributed by atoms with van der Waals surface area (Å²) in [5, 5.41) is 0. The molecule has 1 heteroatoms. The zero-order chi connectivity index (χ0) is 4.91. The summed E-state index contributed by atoms with van der Waals surface area (Å²) >= 11 is 0. The highest BCUT2D eigenvalue weighted by molar-refractivity contribution is 5.12. The van der Waals surface area contributed by atoms with Gasteiger partial charge in [-0.1, -0.05) is 0 Å². The summed E-state index contributed by atoms with van der Waals surface area (Å²) in [7, 11) is 0. The van der Waals surface area contributed by atoms with E-state index in [1.165, 1.54) is 19.3 Å². The van der Waals surface area contributed by atoms with E-state index in [1.54, 1.807) is 0 Å². The van der Waals surface area contributed by atoms with E-state index in [0.717, 1.165) is 17.9 Å². The molecule has 0 radical (unpaired) electrons. The summed E-state index contributed by atoms with van der Waals surface area (Å²) in [6, 6.07) is 0. The summed E-state index contributed by atoms with van der Waals surface area (Å²) in [6.07, 6.45) is 4.41. The molecular weight excluding hydrogens is 86.1 g/mol. The predicted molar refractivity (Wildman–Crippen MR) is 28.8 cm³/mol. The molecule has 2 aliphatic carbocycles. The van der Waals surface area contributed by atoms with Gasteiger partial charge in [0.25, 0.3) is 0 Å². The molecule has 0 aromatic heterocycles. The summed E-state index contributed by atoms with van der Waals surface area (Å²) in [5.74, 6) is 0.937. The number of nitrogens with two attached hydrogens (primary N) is 1. The molecule has 7 heavy (non-hydrogen) atoms. The Balaban J connectivity index is 1.97. The first-order valence-corrected chi connectivity index (χ1v) is 3.07. The van der Waals surface area contributed by atoms with Crippen LogP contribution in [-0.2, 0) is 0 Å². The van der Waals surface area contributed by atoms with Gasteiger partial charge in [0.2, 0.25) is 0 Å². The van der Waals surface area contributed by atoms with E-state index in [0.29, 0.717) is 0 Å². The van der Waals surface area contributed by atoms with Gasteiger partial charge in [-0.2, -0.15) is 0 Å². The summed E-state index contributed by atoms with van der Waals surface area (Å²) in [6.45, 7) is 0.944. The molecule has 2 fully saturated rings. The Morgan fingerprint density at radius 3 is 2.43 bits per heavy atom. The fourth-order valence-corrected chi connectivity index (χ4v) is 1.54. The lowest BCUT2D eigenvalue weighted by Gasteiger charge is -1.82. The maximum Gasteiger partial charge on any atom is -0.00433 e. The Morgan fingerprint density at radius 2 is 2.29 bits per heavy atom. The van der Waals surface area contributed by atoms with Gasteiger partial charge >= 0.3 is 0 Å². The minimum absolute atomic E-state index is 0.842.